The number of allylic oxidation sites excluding steroid dienone is 1. The highest BCUT2D eigenvalue weighted by Gasteiger charge is 2.06. The molecule has 2 rings (SSSR count). The minimum absolute atomic E-state index is 0.0254. The number of nitriles is 1. The number of hydrogen-bond donors (Lipinski definition) is 2. The number of hydrogen-bond acceptors (Lipinski definition) is 5. The first-order chi connectivity index (χ1) is 10.4. The number of halogens is 2. The van der Waals surface area contributed by atoms with Crippen LogP contribution in [0.15, 0.2) is 36.4 Å². The second kappa shape index (κ2) is 6.69. The van der Waals surface area contributed by atoms with Gasteiger partial charge >= 0.3 is 0 Å². The van der Waals surface area contributed by atoms with Gasteiger partial charge in [0.2, 0.25) is 0 Å². The summed E-state index contributed by atoms with van der Waals surface area (Å²) in [7, 11) is 0. The Kier molecular flexibility index (Phi) is 4.91. The fourth-order valence-corrected chi connectivity index (χ4v) is 2.31. The van der Waals surface area contributed by atoms with Gasteiger partial charge in [0.25, 0.3) is 0 Å². The van der Waals surface area contributed by atoms with Gasteiger partial charge in [-0.1, -0.05) is 41.1 Å². The molecule has 2 aromatic carbocycles. The zero-order valence-electron chi connectivity index (χ0n) is 11.0. The Labute approximate surface area is 136 Å². The molecule has 2 aromatic rings. The van der Waals surface area contributed by atoms with Gasteiger partial charge in [0, 0.05) is 10.0 Å². The normalized spacial score (nSPS) is 11.1. The van der Waals surface area contributed by atoms with Crippen molar-refractivity contribution in [2.45, 2.75) is 0 Å². The van der Waals surface area contributed by atoms with E-state index in [1.807, 2.05) is 6.07 Å². The third-order valence-corrected chi connectivity index (χ3v) is 3.37. The zero-order chi connectivity index (χ0) is 16.3. The van der Waals surface area contributed by atoms with E-state index in [2.05, 4.69) is 0 Å². The first-order valence-corrected chi connectivity index (χ1v) is 6.74. The van der Waals surface area contributed by atoms with E-state index in [4.69, 9.17) is 33.6 Å². The molecule has 0 heterocycles. The van der Waals surface area contributed by atoms with E-state index in [9.17, 15) is 10.4 Å². The smallest absolute Gasteiger partial charge is 0.0998 e. The standard InChI is InChI=1S/C15H10Cl2N2O3/c16-12-6-10(15(20)14(17)7-12)5-11(8-18)9-1-3-13(4-2-9)19(21)22/h1-7,20-22H/p-1/b11-5-. The van der Waals surface area contributed by atoms with Crippen molar-refractivity contribution in [3.63, 3.8) is 0 Å². The molecule has 0 saturated heterocycles. The fourth-order valence-electron chi connectivity index (χ4n) is 1.80. The first-order valence-electron chi connectivity index (χ1n) is 5.98. The molecular weight excluding hydrogens is 327 g/mol. The minimum atomic E-state index is -0.424. The lowest BCUT2D eigenvalue weighted by Crippen LogP contribution is -2.10. The van der Waals surface area contributed by atoms with Gasteiger partial charge in [0.1, 0.15) is 0 Å². The second-order valence-electron chi connectivity index (χ2n) is 4.31. The SMILES string of the molecule is N#C/C(=C/c1cc(Cl)cc(Cl)c1[O-])c1ccc(N(O)O)cc1. The van der Waals surface area contributed by atoms with Crippen molar-refractivity contribution in [3.8, 4) is 11.8 Å². The van der Waals surface area contributed by atoms with E-state index in [-0.39, 0.29) is 27.1 Å². The van der Waals surface area contributed by atoms with Crippen molar-refractivity contribution >= 4 is 40.5 Å². The van der Waals surface area contributed by atoms with E-state index in [1.165, 1.54) is 42.5 Å². The van der Waals surface area contributed by atoms with Crippen molar-refractivity contribution in [2.75, 3.05) is 5.23 Å². The Balaban J connectivity index is 2.46. The molecule has 0 bridgehead atoms. The second-order valence-corrected chi connectivity index (χ2v) is 5.16. The minimum Gasteiger partial charge on any atom is -0.871 e. The molecule has 7 heteroatoms. The van der Waals surface area contributed by atoms with E-state index < -0.39 is 5.75 Å². The Morgan fingerprint density at radius 2 is 1.82 bits per heavy atom. The van der Waals surface area contributed by atoms with Crippen LogP contribution in [-0.2, 0) is 0 Å². The first kappa shape index (κ1) is 16.1. The predicted octanol–water partition coefficient (Wildman–Crippen LogP) is 3.72. The summed E-state index contributed by atoms with van der Waals surface area (Å²) >= 11 is 11.6. The molecule has 0 fully saturated rings. The van der Waals surface area contributed by atoms with Gasteiger partial charge in [-0.3, -0.25) is 10.4 Å². The van der Waals surface area contributed by atoms with Crippen molar-refractivity contribution in [1.29, 1.82) is 5.26 Å². The molecule has 5 nitrogen and oxygen atoms in total. The molecule has 2 N–H and O–H groups in total. The van der Waals surface area contributed by atoms with Crippen molar-refractivity contribution in [3.05, 3.63) is 57.6 Å². The molecule has 0 radical (unpaired) electrons. The van der Waals surface area contributed by atoms with Crippen LogP contribution in [0.3, 0.4) is 0 Å². The summed E-state index contributed by atoms with van der Waals surface area (Å²) in [5, 5.41) is 39.2. The fraction of sp³-hybridized carbons (Fsp3) is 0. The van der Waals surface area contributed by atoms with E-state index in [0.29, 0.717) is 10.6 Å². The Bertz CT molecular complexity index is 766. The number of benzene rings is 2. The lowest BCUT2D eigenvalue weighted by atomic mass is 10.0. The largest absolute Gasteiger partial charge is 0.871 e. The predicted molar refractivity (Wildman–Crippen MR) is 81.9 cm³/mol. The number of anilines is 1. The summed E-state index contributed by atoms with van der Waals surface area (Å²) in [6, 6.07) is 10.6. The summed E-state index contributed by atoms with van der Waals surface area (Å²) in [5.41, 5.74) is 1.05. The van der Waals surface area contributed by atoms with Gasteiger partial charge in [0.15, 0.2) is 0 Å². The molecule has 112 valence electrons. The Morgan fingerprint density at radius 1 is 1.18 bits per heavy atom. The average molecular weight is 336 g/mol. The molecule has 0 aromatic heterocycles. The van der Waals surface area contributed by atoms with E-state index in [1.54, 1.807) is 0 Å². The van der Waals surface area contributed by atoms with Gasteiger partial charge < -0.3 is 5.11 Å². The van der Waals surface area contributed by atoms with Crippen LogP contribution < -0.4 is 10.3 Å². The number of nitrogens with zero attached hydrogens (tertiary/aromatic N) is 2. The lowest BCUT2D eigenvalue weighted by molar-refractivity contribution is -0.268. The molecule has 0 atom stereocenters. The Hall–Kier alpha value is -2.23. The molecule has 0 amide bonds. The quantitative estimate of drug-likeness (QED) is 0.506. The maximum atomic E-state index is 11.9. The highest BCUT2D eigenvalue weighted by atomic mass is 35.5. The molecule has 0 aliphatic rings. The average Bonchev–Trinajstić information content (AvgIpc) is 2.49. The maximum Gasteiger partial charge on any atom is 0.0998 e. The van der Waals surface area contributed by atoms with Gasteiger partial charge in [0.05, 0.1) is 17.3 Å². The summed E-state index contributed by atoms with van der Waals surface area (Å²) < 4.78 is 0. The highest BCUT2D eigenvalue weighted by Crippen LogP contribution is 2.31. The van der Waals surface area contributed by atoms with Crippen LogP contribution in [0.4, 0.5) is 5.69 Å². The molecule has 22 heavy (non-hydrogen) atoms. The molecule has 0 aliphatic carbocycles. The summed E-state index contributed by atoms with van der Waals surface area (Å²) in [6.07, 6.45) is 1.38. The van der Waals surface area contributed by atoms with Crippen molar-refractivity contribution in [2.24, 2.45) is 0 Å². The van der Waals surface area contributed by atoms with Gasteiger partial charge in [-0.15, -0.1) is 5.23 Å². The van der Waals surface area contributed by atoms with Gasteiger partial charge in [-0.2, -0.15) is 5.26 Å². The third kappa shape index (κ3) is 3.50. The third-order valence-electron chi connectivity index (χ3n) is 2.87. The molecule has 0 spiro atoms. The lowest BCUT2D eigenvalue weighted by Gasteiger charge is -2.14. The van der Waals surface area contributed by atoms with Crippen molar-refractivity contribution in [1.82, 2.24) is 0 Å². The Morgan fingerprint density at radius 3 is 2.36 bits per heavy atom. The summed E-state index contributed by atoms with van der Waals surface area (Å²) in [5.74, 6) is -0.424. The van der Waals surface area contributed by atoms with E-state index >= 15 is 0 Å². The molecule has 0 unspecified atom stereocenters. The monoisotopic (exact) mass is 335 g/mol. The molecular formula is C15H9Cl2N2O3-. The van der Waals surface area contributed by atoms with Crippen molar-refractivity contribution < 1.29 is 15.5 Å². The zero-order valence-corrected chi connectivity index (χ0v) is 12.5. The number of rotatable bonds is 3. The maximum absolute atomic E-state index is 11.9. The van der Waals surface area contributed by atoms with Crippen LogP contribution in [0.1, 0.15) is 11.1 Å². The highest BCUT2D eigenvalue weighted by molar-refractivity contribution is 6.35. The topological polar surface area (TPSA) is 90.5 Å². The van der Waals surface area contributed by atoms with Crippen LogP contribution in [0.2, 0.25) is 10.0 Å². The van der Waals surface area contributed by atoms with E-state index in [0.717, 1.165) is 0 Å². The van der Waals surface area contributed by atoms with Crippen LogP contribution in [-0.4, -0.2) is 10.4 Å². The van der Waals surface area contributed by atoms with Gasteiger partial charge in [-0.05, 0) is 41.5 Å². The van der Waals surface area contributed by atoms with Crippen LogP contribution in [0.5, 0.6) is 5.75 Å². The summed E-state index contributed by atoms with van der Waals surface area (Å²) in [4.78, 5) is 0. The van der Waals surface area contributed by atoms with Crippen LogP contribution in [0.25, 0.3) is 11.6 Å². The summed E-state index contributed by atoms with van der Waals surface area (Å²) in [6.45, 7) is 0. The van der Waals surface area contributed by atoms with Crippen LogP contribution in [0, 0.1) is 11.3 Å². The van der Waals surface area contributed by atoms with Crippen LogP contribution >= 0.6 is 23.2 Å². The molecule has 0 saturated carbocycles. The van der Waals surface area contributed by atoms with Gasteiger partial charge in [-0.25, -0.2) is 0 Å². The molecule has 0 aliphatic heterocycles.